The molecule has 0 bridgehead atoms. The second-order valence-corrected chi connectivity index (χ2v) is 7.24. The van der Waals surface area contributed by atoms with Crippen LogP contribution >= 0.6 is 11.3 Å². The predicted octanol–water partition coefficient (Wildman–Crippen LogP) is 0.967. The van der Waals surface area contributed by atoms with Crippen LogP contribution in [0, 0.1) is 6.92 Å². The standard InChI is InChI=1S/C11H13N3O4S2/c1-7-8(6-14(2)13-7)5-12-20(17,18)10-4-3-9(19-10)11(15)16/h3-4,6,12H,5H2,1-2H3,(H,15,16). The lowest BCUT2D eigenvalue weighted by Crippen LogP contribution is -2.22. The number of carboxylic acid groups (broad SMARTS) is 1. The number of nitrogens with zero attached hydrogens (tertiary/aromatic N) is 2. The van der Waals surface area contributed by atoms with Crippen molar-refractivity contribution in [3.8, 4) is 0 Å². The van der Waals surface area contributed by atoms with E-state index in [1.165, 1.54) is 12.1 Å². The maximum atomic E-state index is 12.0. The second kappa shape index (κ2) is 5.35. The maximum absolute atomic E-state index is 12.0. The van der Waals surface area contributed by atoms with Gasteiger partial charge < -0.3 is 5.11 Å². The van der Waals surface area contributed by atoms with E-state index in [2.05, 4.69) is 9.82 Å². The molecule has 20 heavy (non-hydrogen) atoms. The van der Waals surface area contributed by atoms with E-state index in [-0.39, 0.29) is 15.6 Å². The van der Waals surface area contributed by atoms with Crippen molar-refractivity contribution in [1.29, 1.82) is 0 Å². The fraction of sp³-hybridized carbons (Fsp3) is 0.273. The third-order valence-corrected chi connectivity index (χ3v) is 5.59. The van der Waals surface area contributed by atoms with E-state index in [0.29, 0.717) is 0 Å². The van der Waals surface area contributed by atoms with Gasteiger partial charge in [0, 0.05) is 25.4 Å². The molecule has 0 spiro atoms. The predicted molar refractivity (Wildman–Crippen MR) is 73.2 cm³/mol. The first-order valence-corrected chi connectivity index (χ1v) is 7.91. The van der Waals surface area contributed by atoms with Crippen LogP contribution in [-0.4, -0.2) is 29.3 Å². The average molecular weight is 315 g/mol. The molecule has 0 saturated heterocycles. The Hall–Kier alpha value is -1.71. The van der Waals surface area contributed by atoms with Crippen molar-refractivity contribution in [3.63, 3.8) is 0 Å². The molecular weight excluding hydrogens is 302 g/mol. The van der Waals surface area contributed by atoms with E-state index >= 15 is 0 Å². The molecule has 2 rings (SSSR count). The number of thiophene rings is 1. The second-order valence-electron chi connectivity index (χ2n) is 4.16. The molecule has 0 amide bonds. The summed E-state index contributed by atoms with van der Waals surface area (Å²) in [5, 5.41) is 12.9. The summed E-state index contributed by atoms with van der Waals surface area (Å²) >= 11 is 0.722. The average Bonchev–Trinajstić information content (AvgIpc) is 2.94. The highest BCUT2D eigenvalue weighted by molar-refractivity contribution is 7.91. The number of aryl methyl sites for hydroxylation is 2. The molecule has 2 N–H and O–H groups in total. The number of nitrogens with one attached hydrogen (secondary N) is 1. The molecule has 0 unspecified atom stereocenters. The fourth-order valence-electron chi connectivity index (χ4n) is 1.65. The molecule has 7 nitrogen and oxygen atoms in total. The zero-order valence-electron chi connectivity index (χ0n) is 10.8. The Kier molecular flexibility index (Phi) is 3.93. The minimum Gasteiger partial charge on any atom is -0.477 e. The zero-order valence-corrected chi connectivity index (χ0v) is 12.5. The molecule has 0 aliphatic rings. The van der Waals surface area contributed by atoms with Crippen molar-refractivity contribution in [2.24, 2.45) is 7.05 Å². The van der Waals surface area contributed by atoms with Gasteiger partial charge in [0.25, 0.3) is 0 Å². The number of aromatic nitrogens is 2. The smallest absolute Gasteiger partial charge is 0.345 e. The number of hydrogen-bond acceptors (Lipinski definition) is 5. The number of carbonyl (C=O) groups is 1. The van der Waals surface area contributed by atoms with Gasteiger partial charge in [-0.25, -0.2) is 17.9 Å². The van der Waals surface area contributed by atoms with E-state index in [1.54, 1.807) is 24.9 Å². The molecule has 0 atom stereocenters. The van der Waals surface area contributed by atoms with Crippen molar-refractivity contribution in [2.45, 2.75) is 17.7 Å². The van der Waals surface area contributed by atoms with Crippen LogP contribution in [0.4, 0.5) is 0 Å². The topological polar surface area (TPSA) is 101 Å². The minimum absolute atomic E-state index is 0.0112. The van der Waals surface area contributed by atoms with E-state index in [1.807, 2.05) is 0 Å². The van der Waals surface area contributed by atoms with Gasteiger partial charge in [-0.1, -0.05) is 0 Å². The molecule has 0 aliphatic carbocycles. The summed E-state index contributed by atoms with van der Waals surface area (Å²) < 4.78 is 28.1. The van der Waals surface area contributed by atoms with E-state index in [0.717, 1.165) is 22.6 Å². The van der Waals surface area contributed by atoms with Crippen molar-refractivity contribution in [2.75, 3.05) is 0 Å². The van der Waals surface area contributed by atoms with Gasteiger partial charge in [-0.2, -0.15) is 5.10 Å². The number of aromatic carboxylic acids is 1. The summed E-state index contributed by atoms with van der Waals surface area (Å²) in [5.74, 6) is -1.14. The van der Waals surface area contributed by atoms with Crippen LogP contribution in [0.25, 0.3) is 0 Å². The van der Waals surface area contributed by atoms with Gasteiger partial charge in [-0.15, -0.1) is 11.3 Å². The first-order chi connectivity index (χ1) is 9.29. The van der Waals surface area contributed by atoms with Crippen LogP contribution in [0.2, 0.25) is 0 Å². The van der Waals surface area contributed by atoms with Crippen LogP contribution in [-0.2, 0) is 23.6 Å². The van der Waals surface area contributed by atoms with Gasteiger partial charge in [-0.05, 0) is 19.1 Å². The highest BCUT2D eigenvalue weighted by Gasteiger charge is 2.19. The number of sulfonamides is 1. The normalized spacial score (nSPS) is 11.7. The summed E-state index contributed by atoms with van der Waals surface area (Å²) in [5.41, 5.74) is 1.51. The van der Waals surface area contributed by atoms with Gasteiger partial charge in [0.15, 0.2) is 0 Å². The van der Waals surface area contributed by atoms with Crippen LogP contribution in [0.1, 0.15) is 20.9 Å². The van der Waals surface area contributed by atoms with Crippen LogP contribution < -0.4 is 4.72 Å². The van der Waals surface area contributed by atoms with E-state index in [4.69, 9.17) is 5.11 Å². The van der Waals surface area contributed by atoms with E-state index < -0.39 is 16.0 Å². The quantitative estimate of drug-likeness (QED) is 0.856. The van der Waals surface area contributed by atoms with Crippen molar-refractivity contribution < 1.29 is 18.3 Å². The molecule has 0 fully saturated rings. The first-order valence-electron chi connectivity index (χ1n) is 5.61. The molecule has 9 heteroatoms. The van der Waals surface area contributed by atoms with Crippen molar-refractivity contribution in [3.05, 3.63) is 34.5 Å². The van der Waals surface area contributed by atoms with Gasteiger partial charge in [0.05, 0.1) is 5.69 Å². The monoisotopic (exact) mass is 315 g/mol. The number of carboxylic acids is 1. The maximum Gasteiger partial charge on any atom is 0.345 e. The molecule has 0 radical (unpaired) electrons. The SMILES string of the molecule is Cc1nn(C)cc1CNS(=O)(=O)c1ccc(C(=O)O)s1. The van der Waals surface area contributed by atoms with Gasteiger partial charge in [-0.3, -0.25) is 4.68 Å². The molecule has 108 valence electrons. The molecule has 2 aromatic heterocycles. The highest BCUT2D eigenvalue weighted by Crippen LogP contribution is 2.21. The summed E-state index contributed by atoms with van der Waals surface area (Å²) in [6.45, 7) is 1.90. The lowest BCUT2D eigenvalue weighted by molar-refractivity contribution is 0.0702. The van der Waals surface area contributed by atoms with E-state index in [9.17, 15) is 13.2 Å². The molecule has 0 aliphatic heterocycles. The highest BCUT2D eigenvalue weighted by atomic mass is 32.2. The Labute approximate surface area is 119 Å². The largest absolute Gasteiger partial charge is 0.477 e. The Bertz CT molecular complexity index is 746. The fourth-order valence-corrected chi connectivity index (χ4v) is 3.84. The van der Waals surface area contributed by atoms with Crippen LogP contribution in [0.5, 0.6) is 0 Å². The van der Waals surface area contributed by atoms with Gasteiger partial charge >= 0.3 is 5.97 Å². The van der Waals surface area contributed by atoms with Crippen molar-refractivity contribution >= 4 is 27.3 Å². The lowest BCUT2D eigenvalue weighted by Gasteiger charge is -2.03. The molecule has 2 aromatic rings. The Morgan fingerprint density at radius 2 is 2.20 bits per heavy atom. The number of hydrogen-bond donors (Lipinski definition) is 2. The molecular formula is C11H13N3O4S2. The summed E-state index contributed by atoms with van der Waals surface area (Å²) in [6, 6.07) is 2.56. The summed E-state index contributed by atoms with van der Waals surface area (Å²) in [4.78, 5) is 10.7. The molecule has 2 heterocycles. The zero-order chi connectivity index (χ0) is 14.9. The summed E-state index contributed by atoms with van der Waals surface area (Å²) in [7, 11) is -1.96. The Morgan fingerprint density at radius 3 is 2.70 bits per heavy atom. The lowest BCUT2D eigenvalue weighted by atomic mass is 10.3. The minimum atomic E-state index is -3.71. The number of rotatable bonds is 5. The first kappa shape index (κ1) is 14.7. The molecule has 0 saturated carbocycles. The summed E-state index contributed by atoms with van der Waals surface area (Å²) in [6.07, 6.45) is 1.73. The van der Waals surface area contributed by atoms with Crippen LogP contribution in [0.15, 0.2) is 22.5 Å². The van der Waals surface area contributed by atoms with Crippen molar-refractivity contribution in [1.82, 2.24) is 14.5 Å². The Morgan fingerprint density at radius 1 is 1.50 bits per heavy atom. The van der Waals surface area contributed by atoms with Gasteiger partial charge in [0.2, 0.25) is 10.0 Å². The molecule has 0 aromatic carbocycles. The third kappa shape index (κ3) is 3.06. The van der Waals surface area contributed by atoms with Crippen LogP contribution in [0.3, 0.4) is 0 Å². The third-order valence-electron chi connectivity index (χ3n) is 2.62. The Balaban J connectivity index is 2.14. The van der Waals surface area contributed by atoms with Gasteiger partial charge in [0.1, 0.15) is 9.09 Å².